The predicted octanol–water partition coefficient (Wildman–Crippen LogP) is -0.744. The third-order valence-corrected chi connectivity index (χ3v) is 5.32. The smallest absolute Gasteiger partial charge is 0.210 e. The number of aromatic nitrogens is 4. The van der Waals surface area contributed by atoms with Crippen LogP contribution in [0.1, 0.15) is 26.0 Å². The number of nitrogens with zero attached hydrogens (tertiary/aromatic N) is 5. The SMILES string of the molecule is CC1CCN(c2nc3c(N)ncnc3n2[C@@H]2O[C@@H](CO)[C@@H](O)[C@@H]2O)CC1. The van der Waals surface area contributed by atoms with Gasteiger partial charge in [-0.05, 0) is 18.8 Å². The number of nitrogen functional groups attached to an aromatic ring is 1. The summed E-state index contributed by atoms with van der Waals surface area (Å²) in [5.74, 6) is 1.46. The van der Waals surface area contributed by atoms with Gasteiger partial charge in [0.1, 0.15) is 24.6 Å². The molecule has 0 amide bonds. The summed E-state index contributed by atoms with van der Waals surface area (Å²) in [6.07, 6.45) is -0.824. The molecule has 10 heteroatoms. The van der Waals surface area contributed by atoms with Crippen LogP contribution in [0.3, 0.4) is 0 Å². The topological polar surface area (TPSA) is 143 Å². The molecule has 142 valence electrons. The Hall–Kier alpha value is -2.01. The van der Waals surface area contributed by atoms with Crippen LogP contribution in [0, 0.1) is 5.92 Å². The van der Waals surface area contributed by atoms with Crippen molar-refractivity contribution in [3.63, 3.8) is 0 Å². The van der Waals surface area contributed by atoms with Gasteiger partial charge in [-0.2, -0.15) is 0 Å². The van der Waals surface area contributed by atoms with Crippen LogP contribution < -0.4 is 10.6 Å². The first kappa shape index (κ1) is 17.4. The fourth-order valence-corrected chi connectivity index (χ4v) is 3.67. The Morgan fingerprint density at radius 1 is 1.23 bits per heavy atom. The van der Waals surface area contributed by atoms with E-state index in [1.807, 2.05) is 0 Å². The lowest BCUT2D eigenvalue weighted by atomic mass is 10.00. The maximum Gasteiger partial charge on any atom is 0.210 e. The molecular weight excluding hydrogens is 340 g/mol. The van der Waals surface area contributed by atoms with Crippen LogP contribution in [-0.4, -0.2) is 72.8 Å². The molecule has 2 fully saturated rings. The van der Waals surface area contributed by atoms with Gasteiger partial charge in [-0.3, -0.25) is 4.57 Å². The molecule has 2 aromatic heterocycles. The van der Waals surface area contributed by atoms with E-state index in [2.05, 4.69) is 26.8 Å². The van der Waals surface area contributed by atoms with Gasteiger partial charge in [0.05, 0.1) is 6.61 Å². The Morgan fingerprint density at radius 2 is 1.96 bits per heavy atom. The second kappa shape index (κ2) is 6.62. The van der Waals surface area contributed by atoms with E-state index in [4.69, 9.17) is 10.5 Å². The number of imidazole rings is 1. The quantitative estimate of drug-likeness (QED) is 0.553. The molecule has 2 saturated heterocycles. The van der Waals surface area contributed by atoms with Crippen LogP contribution in [0.4, 0.5) is 11.8 Å². The van der Waals surface area contributed by atoms with Crippen LogP contribution in [0.2, 0.25) is 0 Å². The molecule has 4 heterocycles. The summed E-state index contributed by atoms with van der Waals surface area (Å²) in [4.78, 5) is 15.0. The minimum atomic E-state index is -1.22. The lowest BCUT2D eigenvalue weighted by Crippen LogP contribution is -2.37. The van der Waals surface area contributed by atoms with Gasteiger partial charge in [0.2, 0.25) is 5.95 Å². The number of fused-ring (bicyclic) bond motifs is 1. The lowest BCUT2D eigenvalue weighted by Gasteiger charge is -2.32. The number of hydrogen-bond donors (Lipinski definition) is 4. The third-order valence-electron chi connectivity index (χ3n) is 5.32. The normalized spacial score (nSPS) is 30.4. The minimum absolute atomic E-state index is 0.243. The highest BCUT2D eigenvalue weighted by molar-refractivity contribution is 5.84. The molecule has 0 aliphatic carbocycles. The molecule has 4 atom stereocenters. The summed E-state index contributed by atoms with van der Waals surface area (Å²) >= 11 is 0. The van der Waals surface area contributed by atoms with Crippen molar-refractivity contribution in [2.45, 2.75) is 44.3 Å². The van der Waals surface area contributed by atoms with Gasteiger partial charge >= 0.3 is 0 Å². The Labute approximate surface area is 150 Å². The highest BCUT2D eigenvalue weighted by Gasteiger charge is 2.45. The van der Waals surface area contributed by atoms with Crippen LogP contribution in [-0.2, 0) is 4.74 Å². The van der Waals surface area contributed by atoms with E-state index in [1.54, 1.807) is 4.57 Å². The summed E-state index contributed by atoms with van der Waals surface area (Å²) in [7, 11) is 0. The molecule has 10 nitrogen and oxygen atoms in total. The number of piperidine rings is 1. The Balaban J connectivity index is 1.81. The fraction of sp³-hybridized carbons (Fsp3) is 0.688. The summed E-state index contributed by atoms with van der Waals surface area (Å²) in [6.45, 7) is 3.45. The summed E-state index contributed by atoms with van der Waals surface area (Å²) in [5.41, 5.74) is 6.83. The van der Waals surface area contributed by atoms with Gasteiger partial charge < -0.3 is 30.7 Å². The molecule has 0 radical (unpaired) electrons. The molecule has 0 unspecified atom stereocenters. The second-order valence-electron chi connectivity index (χ2n) is 7.11. The fourth-order valence-electron chi connectivity index (χ4n) is 3.67. The maximum atomic E-state index is 10.5. The number of rotatable bonds is 3. The number of aliphatic hydroxyl groups excluding tert-OH is 3. The Morgan fingerprint density at radius 3 is 2.62 bits per heavy atom. The van der Waals surface area contributed by atoms with Crippen LogP contribution in [0.25, 0.3) is 11.2 Å². The minimum Gasteiger partial charge on any atom is -0.394 e. The average Bonchev–Trinajstić information content (AvgIpc) is 3.15. The lowest BCUT2D eigenvalue weighted by molar-refractivity contribution is -0.0505. The van der Waals surface area contributed by atoms with E-state index in [1.165, 1.54) is 6.33 Å². The summed E-state index contributed by atoms with van der Waals surface area (Å²) < 4.78 is 7.38. The number of ether oxygens (including phenoxy) is 1. The molecular formula is C16H24N6O4. The van der Waals surface area contributed by atoms with Gasteiger partial charge in [-0.1, -0.05) is 6.92 Å². The number of aliphatic hydroxyl groups is 3. The monoisotopic (exact) mass is 364 g/mol. The highest BCUT2D eigenvalue weighted by atomic mass is 16.6. The van der Waals surface area contributed by atoms with E-state index in [0.29, 0.717) is 23.0 Å². The van der Waals surface area contributed by atoms with Gasteiger partial charge in [0, 0.05) is 13.1 Å². The predicted molar refractivity (Wildman–Crippen MR) is 93.4 cm³/mol. The summed E-state index contributed by atoms with van der Waals surface area (Å²) in [6, 6.07) is 0. The zero-order valence-electron chi connectivity index (χ0n) is 14.6. The molecule has 26 heavy (non-hydrogen) atoms. The standard InChI is InChI=1S/C16H24N6O4/c1-8-2-4-21(5-3-8)16-20-10-13(17)18-7-19-14(10)22(16)15-12(25)11(24)9(6-23)26-15/h7-9,11-12,15,23-25H,2-6H2,1H3,(H2,17,18,19)/t9-,11+,12-,15+/m0/s1. The van der Waals surface area contributed by atoms with Crippen molar-refractivity contribution in [3.8, 4) is 0 Å². The van der Waals surface area contributed by atoms with E-state index in [-0.39, 0.29) is 5.82 Å². The molecule has 4 rings (SSSR count). The van der Waals surface area contributed by atoms with Crippen molar-refractivity contribution in [2.24, 2.45) is 5.92 Å². The Kier molecular flexibility index (Phi) is 4.43. The number of anilines is 2. The maximum absolute atomic E-state index is 10.5. The van der Waals surface area contributed by atoms with Crippen LogP contribution in [0.15, 0.2) is 6.33 Å². The first-order valence-electron chi connectivity index (χ1n) is 8.87. The van der Waals surface area contributed by atoms with Crippen molar-refractivity contribution in [1.29, 1.82) is 0 Å². The van der Waals surface area contributed by atoms with Crippen molar-refractivity contribution >= 4 is 22.9 Å². The number of hydrogen-bond acceptors (Lipinski definition) is 9. The van der Waals surface area contributed by atoms with Crippen molar-refractivity contribution < 1.29 is 20.1 Å². The highest BCUT2D eigenvalue weighted by Crippen LogP contribution is 2.37. The zero-order chi connectivity index (χ0) is 18.4. The molecule has 2 aliphatic heterocycles. The number of nitrogens with two attached hydrogens (primary N) is 1. The molecule has 0 spiro atoms. The van der Waals surface area contributed by atoms with Gasteiger partial charge in [0.25, 0.3) is 0 Å². The van der Waals surface area contributed by atoms with Crippen molar-refractivity contribution in [3.05, 3.63) is 6.33 Å². The van der Waals surface area contributed by atoms with E-state index in [0.717, 1.165) is 25.9 Å². The molecule has 2 aromatic rings. The van der Waals surface area contributed by atoms with Crippen molar-refractivity contribution in [1.82, 2.24) is 19.5 Å². The van der Waals surface area contributed by atoms with Crippen LogP contribution >= 0.6 is 0 Å². The molecule has 0 bridgehead atoms. The summed E-state index contributed by atoms with van der Waals surface area (Å²) in [5, 5.41) is 30.0. The second-order valence-corrected chi connectivity index (χ2v) is 7.11. The molecule has 0 aromatic carbocycles. The van der Waals surface area contributed by atoms with Gasteiger partial charge in [0.15, 0.2) is 23.2 Å². The van der Waals surface area contributed by atoms with Crippen LogP contribution in [0.5, 0.6) is 0 Å². The molecule has 0 saturated carbocycles. The van der Waals surface area contributed by atoms with E-state index < -0.39 is 31.1 Å². The largest absolute Gasteiger partial charge is 0.394 e. The van der Waals surface area contributed by atoms with E-state index >= 15 is 0 Å². The third kappa shape index (κ3) is 2.69. The first-order valence-corrected chi connectivity index (χ1v) is 8.87. The Bertz CT molecular complexity index is 790. The van der Waals surface area contributed by atoms with Crippen molar-refractivity contribution in [2.75, 3.05) is 30.3 Å². The molecule has 5 N–H and O–H groups in total. The molecule has 2 aliphatic rings. The van der Waals surface area contributed by atoms with Gasteiger partial charge in [-0.15, -0.1) is 0 Å². The van der Waals surface area contributed by atoms with Gasteiger partial charge in [-0.25, -0.2) is 15.0 Å². The average molecular weight is 364 g/mol. The van der Waals surface area contributed by atoms with E-state index in [9.17, 15) is 15.3 Å². The zero-order valence-corrected chi connectivity index (χ0v) is 14.6. The first-order chi connectivity index (χ1) is 12.5.